The second-order valence-electron chi connectivity index (χ2n) is 3.68. The number of hydrogen-bond acceptors (Lipinski definition) is 1. The van der Waals surface area contributed by atoms with E-state index in [1.54, 1.807) is 0 Å². The van der Waals surface area contributed by atoms with Crippen molar-refractivity contribution in [3.8, 4) is 0 Å². The zero-order valence-corrected chi connectivity index (χ0v) is 9.54. The van der Waals surface area contributed by atoms with Gasteiger partial charge in [-0.1, -0.05) is 29.8 Å². The number of aromatic nitrogens is 1. The van der Waals surface area contributed by atoms with Crippen molar-refractivity contribution in [1.29, 1.82) is 0 Å². The van der Waals surface area contributed by atoms with Crippen molar-refractivity contribution in [2.45, 2.75) is 20.8 Å². The lowest BCUT2D eigenvalue weighted by molar-refractivity contribution is 1.36. The summed E-state index contributed by atoms with van der Waals surface area (Å²) < 4.78 is 0. The summed E-state index contributed by atoms with van der Waals surface area (Å²) in [6.07, 6.45) is 2.08. The van der Waals surface area contributed by atoms with Gasteiger partial charge in [0.2, 0.25) is 0 Å². The van der Waals surface area contributed by atoms with Crippen molar-refractivity contribution >= 4 is 16.7 Å². The number of nitrogen functional groups attached to an aromatic ring is 1. The van der Waals surface area contributed by atoms with Gasteiger partial charge in [0.15, 0.2) is 0 Å². The molecule has 2 heteroatoms. The summed E-state index contributed by atoms with van der Waals surface area (Å²) in [5.41, 5.74) is 8.01. The Bertz CT molecular complexity index is 415. The van der Waals surface area contributed by atoms with Gasteiger partial charge in [0.25, 0.3) is 0 Å². The van der Waals surface area contributed by atoms with E-state index < -0.39 is 0 Å². The molecule has 15 heavy (non-hydrogen) atoms. The Balaban J connectivity index is 0.000000195. The number of allylic oxidation sites excluding steroid dienone is 2. The van der Waals surface area contributed by atoms with E-state index in [1.165, 1.54) is 11.0 Å². The molecule has 0 unspecified atom stereocenters. The smallest absolute Gasteiger partial charge is 0.101 e. The number of rotatable bonds is 0. The Morgan fingerprint density at radius 1 is 1.27 bits per heavy atom. The molecule has 0 bridgehead atoms. The number of hydrogen-bond donors (Lipinski definition) is 2. The van der Waals surface area contributed by atoms with Crippen LogP contribution in [-0.2, 0) is 0 Å². The monoisotopic (exact) mass is 202 g/mol. The van der Waals surface area contributed by atoms with Crippen molar-refractivity contribution in [2.24, 2.45) is 0 Å². The Labute approximate surface area is 90.8 Å². The second-order valence-corrected chi connectivity index (χ2v) is 3.68. The van der Waals surface area contributed by atoms with E-state index in [0.29, 0.717) is 0 Å². The first-order chi connectivity index (χ1) is 7.13. The molecule has 0 aliphatic carbocycles. The lowest BCUT2D eigenvalue weighted by Crippen LogP contribution is -1.80. The molecule has 3 N–H and O–H groups in total. The normalized spacial score (nSPS) is 9.27. The number of para-hydroxylation sites is 1. The van der Waals surface area contributed by atoms with Gasteiger partial charge in [-0.25, -0.2) is 0 Å². The molecule has 80 valence electrons. The lowest BCUT2D eigenvalue weighted by atomic mass is 10.3. The summed E-state index contributed by atoms with van der Waals surface area (Å²) in [5.74, 6) is 0.723. The largest absolute Gasteiger partial charge is 0.385 e. The van der Waals surface area contributed by atoms with Crippen LogP contribution in [0.3, 0.4) is 0 Å². The molecule has 0 fully saturated rings. The predicted octanol–water partition coefficient (Wildman–Crippen LogP) is 3.72. The molecular formula is C13H18N2. The minimum Gasteiger partial charge on any atom is -0.385 e. The first kappa shape index (κ1) is 11.4. The quantitative estimate of drug-likeness (QED) is 0.628. The lowest BCUT2D eigenvalue weighted by Gasteiger charge is -1.83. The molecule has 0 saturated heterocycles. The highest BCUT2D eigenvalue weighted by Crippen LogP contribution is 2.14. The molecular weight excluding hydrogens is 184 g/mol. The Hall–Kier alpha value is -1.70. The van der Waals surface area contributed by atoms with Crippen LogP contribution in [-0.4, -0.2) is 4.98 Å². The number of fused-ring (bicyclic) bond motifs is 1. The summed E-state index contributed by atoms with van der Waals surface area (Å²) >= 11 is 0. The molecule has 0 amide bonds. The van der Waals surface area contributed by atoms with Crippen LogP contribution in [0.1, 0.15) is 20.8 Å². The fourth-order valence-electron chi connectivity index (χ4n) is 1.10. The molecule has 0 aliphatic rings. The summed E-state index contributed by atoms with van der Waals surface area (Å²) in [4.78, 5) is 3.04. The number of aromatic amines is 1. The molecule has 0 radical (unpaired) electrons. The van der Waals surface area contributed by atoms with Gasteiger partial charge in [-0.15, -0.1) is 0 Å². The third-order valence-corrected chi connectivity index (χ3v) is 2.13. The fraction of sp³-hybridized carbons (Fsp3) is 0.231. The molecule has 0 aliphatic heterocycles. The van der Waals surface area contributed by atoms with Gasteiger partial charge < -0.3 is 10.7 Å². The minimum absolute atomic E-state index is 0.723. The number of anilines is 1. The molecule has 1 heterocycles. The molecule has 0 spiro atoms. The summed E-state index contributed by atoms with van der Waals surface area (Å²) in [5, 5.41) is 1.17. The molecule has 0 saturated carbocycles. The highest BCUT2D eigenvalue weighted by molar-refractivity contribution is 5.82. The topological polar surface area (TPSA) is 41.8 Å². The van der Waals surface area contributed by atoms with Gasteiger partial charge in [-0.2, -0.15) is 0 Å². The van der Waals surface area contributed by atoms with Crippen molar-refractivity contribution < 1.29 is 0 Å². The van der Waals surface area contributed by atoms with Crippen LogP contribution in [0.5, 0.6) is 0 Å². The molecule has 0 atom stereocenters. The van der Waals surface area contributed by atoms with Crippen LogP contribution in [0.25, 0.3) is 10.9 Å². The summed E-state index contributed by atoms with van der Waals surface area (Å²) in [7, 11) is 0. The highest BCUT2D eigenvalue weighted by atomic mass is 14.8. The molecule has 1 aromatic carbocycles. The second kappa shape index (κ2) is 5.25. The van der Waals surface area contributed by atoms with Crippen molar-refractivity contribution in [2.75, 3.05) is 5.73 Å². The number of nitrogens with one attached hydrogen (secondary N) is 1. The SMILES string of the molecule is CC=C(C)C.Nc1cc2ccccc2[nH]1. The van der Waals surface area contributed by atoms with Crippen molar-refractivity contribution in [1.82, 2.24) is 4.98 Å². The van der Waals surface area contributed by atoms with Crippen molar-refractivity contribution in [3.05, 3.63) is 42.0 Å². The van der Waals surface area contributed by atoms with Crippen LogP contribution in [0, 0.1) is 0 Å². The Morgan fingerprint density at radius 2 is 1.87 bits per heavy atom. The van der Waals surface area contributed by atoms with E-state index in [2.05, 4.69) is 24.9 Å². The van der Waals surface area contributed by atoms with E-state index in [4.69, 9.17) is 5.73 Å². The third kappa shape index (κ3) is 3.50. The average Bonchev–Trinajstić information content (AvgIpc) is 2.58. The van der Waals surface area contributed by atoms with Crippen LogP contribution in [0.15, 0.2) is 42.0 Å². The molecule has 2 rings (SSSR count). The van der Waals surface area contributed by atoms with Gasteiger partial charge in [-0.3, -0.25) is 0 Å². The van der Waals surface area contributed by atoms with Crippen LogP contribution < -0.4 is 5.73 Å². The maximum absolute atomic E-state index is 5.54. The van der Waals surface area contributed by atoms with Crippen molar-refractivity contribution in [3.63, 3.8) is 0 Å². The Kier molecular flexibility index (Phi) is 3.98. The van der Waals surface area contributed by atoms with Crippen LogP contribution >= 0.6 is 0 Å². The Morgan fingerprint density at radius 3 is 2.40 bits per heavy atom. The maximum atomic E-state index is 5.54. The fourth-order valence-corrected chi connectivity index (χ4v) is 1.10. The van der Waals surface area contributed by atoms with Gasteiger partial charge in [0, 0.05) is 10.9 Å². The maximum Gasteiger partial charge on any atom is 0.101 e. The zero-order valence-electron chi connectivity index (χ0n) is 9.54. The minimum atomic E-state index is 0.723. The van der Waals surface area contributed by atoms with Gasteiger partial charge in [0.1, 0.15) is 5.82 Å². The predicted molar refractivity (Wildman–Crippen MR) is 67.8 cm³/mol. The van der Waals surface area contributed by atoms with Crippen LogP contribution in [0.4, 0.5) is 5.82 Å². The zero-order chi connectivity index (χ0) is 11.3. The van der Waals surface area contributed by atoms with E-state index in [9.17, 15) is 0 Å². The first-order valence-electron chi connectivity index (χ1n) is 5.06. The first-order valence-corrected chi connectivity index (χ1v) is 5.06. The van der Waals surface area contributed by atoms with E-state index in [1.807, 2.05) is 37.3 Å². The molecule has 2 aromatic rings. The summed E-state index contributed by atoms with van der Waals surface area (Å²) in [6, 6.07) is 9.94. The number of benzene rings is 1. The van der Waals surface area contributed by atoms with Crippen LogP contribution in [0.2, 0.25) is 0 Å². The number of H-pyrrole nitrogens is 1. The van der Waals surface area contributed by atoms with E-state index in [-0.39, 0.29) is 0 Å². The van der Waals surface area contributed by atoms with Gasteiger partial charge in [-0.05, 0) is 32.9 Å². The number of nitrogens with two attached hydrogens (primary N) is 1. The highest BCUT2D eigenvalue weighted by Gasteiger charge is 1.92. The third-order valence-electron chi connectivity index (χ3n) is 2.13. The molecule has 1 aromatic heterocycles. The summed E-state index contributed by atoms with van der Waals surface area (Å²) in [6.45, 7) is 6.20. The van der Waals surface area contributed by atoms with Gasteiger partial charge in [0.05, 0.1) is 0 Å². The molecule has 2 nitrogen and oxygen atoms in total. The van der Waals surface area contributed by atoms with Gasteiger partial charge >= 0.3 is 0 Å². The van der Waals surface area contributed by atoms with E-state index >= 15 is 0 Å². The average molecular weight is 202 g/mol. The standard InChI is InChI=1S/C8H8N2.C5H10/c9-8-5-6-3-1-2-4-7(6)10-8;1-4-5(2)3/h1-5,10H,9H2;4H,1-3H3. The van der Waals surface area contributed by atoms with E-state index in [0.717, 1.165) is 11.3 Å².